The number of hydrogen-bond donors (Lipinski definition) is 3. The number of carbonyl (C=O) groups excluding carboxylic acids is 1. The summed E-state index contributed by atoms with van der Waals surface area (Å²) in [5.74, 6) is -0.321. The zero-order valence-electron chi connectivity index (χ0n) is 9.85. The molecule has 1 atom stereocenters. The van der Waals surface area contributed by atoms with Crippen molar-refractivity contribution in [2.24, 2.45) is 0 Å². The summed E-state index contributed by atoms with van der Waals surface area (Å²) < 4.78 is 1.75. The largest absolute Gasteiger partial charge is 0.394 e. The minimum absolute atomic E-state index is 0.0101. The Kier molecular flexibility index (Phi) is 4.99. The van der Waals surface area contributed by atoms with Crippen molar-refractivity contribution < 1.29 is 15.0 Å². The van der Waals surface area contributed by atoms with Crippen molar-refractivity contribution >= 4 is 17.5 Å². The molecule has 0 aromatic carbocycles. The summed E-state index contributed by atoms with van der Waals surface area (Å²) in [6.45, 7) is 3.51. The number of aliphatic hydroxyl groups is 2. The molecule has 1 rings (SSSR count). The molecule has 1 aromatic rings. The SMILES string of the molecule is CC(C)n1cc(Cl)cc1C(=O)NCC(O)CO. The van der Waals surface area contributed by atoms with Crippen LogP contribution in [0.4, 0.5) is 0 Å². The monoisotopic (exact) mass is 260 g/mol. The lowest BCUT2D eigenvalue weighted by atomic mass is 10.3. The summed E-state index contributed by atoms with van der Waals surface area (Å²) in [6, 6.07) is 1.69. The van der Waals surface area contributed by atoms with E-state index in [9.17, 15) is 4.79 Å². The first-order valence-electron chi connectivity index (χ1n) is 5.40. The van der Waals surface area contributed by atoms with Crippen LogP contribution in [0.15, 0.2) is 12.3 Å². The van der Waals surface area contributed by atoms with E-state index >= 15 is 0 Å². The molecule has 0 saturated heterocycles. The van der Waals surface area contributed by atoms with E-state index in [1.807, 2.05) is 13.8 Å². The molecule has 0 radical (unpaired) electrons. The van der Waals surface area contributed by atoms with Gasteiger partial charge < -0.3 is 20.1 Å². The molecule has 6 heteroatoms. The highest BCUT2D eigenvalue weighted by atomic mass is 35.5. The molecule has 0 saturated carbocycles. The van der Waals surface area contributed by atoms with Crippen LogP contribution in [0.5, 0.6) is 0 Å². The molecule has 5 nitrogen and oxygen atoms in total. The van der Waals surface area contributed by atoms with Crippen molar-refractivity contribution in [1.29, 1.82) is 0 Å². The highest BCUT2D eigenvalue weighted by Crippen LogP contribution is 2.18. The van der Waals surface area contributed by atoms with Crippen LogP contribution in [0.25, 0.3) is 0 Å². The number of nitrogens with one attached hydrogen (secondary N) is 1. The molecule has 17 heavy (non-hydrogen) atoms. The molecule has 0 bridgehead atoms. The van der Waals surface area contributed by atoms with Crippen molar-refractivity contribution in [2.75, 3.05) is 13.2 Å². The Balaban J connectivity index is 2.74. The van der Waals surface area contributed by atoms with E-state index < -0.39 is 6.10 Å². The van der Waals surface area contributed by atoms with E-state index in [4.69, 9.17) is 21.8 Å². The minimum atomic E-state index is -0.947. The molecule has 3 N–H and O–H groups in total. The molecular weight excluding hydrogens is 244 g/mol. The van der Waals surface area contributed by atoms with Gasteiger partial charge in [0, 0.05) is 18.8 Å². The molecule has 0 spiro atoms. The molecule has 96 valence electrons. The van der Waals surface area contributed by atoms with Crippen LogP contribution in [-0.2, 0) is 0 Å². The van der Waals surface area contributed by atoms with Crippen LogP contribution in [0, 0.1) is 0 Å². The Morgan fingerprint density at radius 2 is 2.24 bits per heavy atom. The minimum Gasteiger partial charge on any atom is -0.394 e. The zero-order valence-corrected chi connectivity index (χ0v) is 10.6. The fourth-order valence-electron chi connectivity index (χ4n) is 1.42. The summed E-state index contributed by atoms with van der Waals surface area (Å²) in [5.41, 5.74) is 0.440. The van der Waals surface area contributed by atoms with E-state index in [0.717, 1.165) is 0 Å². The van der Waals surface area contributed by atoms with E-state index in [-0.39, 0.29) is 25.1 Å². The van der Waals surface area contributed by atoms with Crippen LogP contribution < -0.4 is 5.32 Å². The molecule has 1 heterocycles. The van der Waals surface area contributed by atoms with Gasteiger partial charge >= 0.3 is 0 Å². The number of amides is 1. The van der Waals surface area contributed by atoms with Crippen molar-refractivity contribution in [3.8, 4) is 0 Å². The van der Waals surface area contributed by atoms with Gasteiger partial charge in [0.1, 0.15) is 5.69 Å². The normalized spacial score (nSPS) is 12.8. The van der Waals surface area contributed by atoms with Crippen molar-refractivity contribution in [1.82, 2.24) is 9.88 Å². The summed E-state index contributed by atoms with van der Waals surface area (Å²) in [7, 11) is 0. The van der Waals surface area contributed by atoms with Crippen LogP contribution in [0.1, 0.15) is 30.4 Å². The van der Waals surface area contributed by atoms with Crippen molar-refractivity contribution in [3.63, 3.8) is 0 Å². The molecule has 0 fully saturated rings. The highest BCUT2D eigenvalue weighted by molar-refractivity contribution is 6.31. The Morgan fingerprint density at radius 1 is 1.59 bits per heavy atom. The lowest BCUT2D eigenvalue weighted by molar-refractivity contribution is 0.0795. The summed E-state index contributed by atoms with van der Waals surface area (Å²) in [5, 5.41) is 20.8. The maximum atomic E-state index is 11.8. The van der Waals surface area contributed by atoms with Gasteiger partial charge in [0.25, 0.3) is 5.91 Å². The van der Waals surface area contributed by atoms with Crippen LogP contribution >= 0.6 is 11.6 Å². The number of nitrogens with zero attached hydrogens (tertiary/aromatic N) is 1. The quantitative estimate of drug-likeness (QED) is 0.733. The smallest absolute Gasteiger partial charge is 0.268 e. The van der Waals surface area contributed by atoms with Crippen LogP contribution in [-0.4, -0.2) is 39.9 Å². The number of aromatic nitrogens is 1. The third-order valence-electron chi connectivity index (χ3n) is 2.31. The standard InChI is InChI=1S/C11H17ClN2O3/c1-7(2)14-5-8(12)3-10(14)11(17)13-4-9(16)6-15/h3,5,7,9,15-16H,4,6H2,1-2H3,(H,13,17). The van der Waals surface area contributed by atoms with Gasteiger partial charge in [-0.15, -0.1) is 0 Å². The van der Waals surface area contributed by atoms with Gasteiger partial charge in [-0.3, -0.25) is 4.79 Å². The Hall–Kier alpha value is -1.04. The van der Waals surface area contributed by atoms with Crippen molar-refractivity contribution in [3.05, 3.63) is 23.0 Å². The summed E-state index contributed by atoms with van der Waals surface area (Å²) >= 11 is 5.85. The number of rotatable bonds is 5. The molecule has 1 amide bonds. The van der Waals surface area contributed by atoms with Gasteiger partial charge in [-0.2, -0.15) is 0 Å². The van der Waals surface area contributed by atoms with Crippen LogP contribution in [0.2, 0.25) is 5.02 Å². The second kappa shape index (κ2) is 6.05. The first-order valence-corrected chi connectivity index (χ1v) is 5.78. The zero-order chi connectivity index (χ0) is 13.0. The predicted octanol–water partition coefficient (Wildman–Crippen LogP) is 0.805. The molecule has 1 aromatic heterocycles. The van der Waals surface area contributed by atoms with E-state index in [0.29, 0.717) is 10.7 Å². The first kappa shape index (κ1) is 14.0. The second-order valence-electron chi connectivity index (χ2n) is 4.09. The van der Waals surface area contributed by atoms with E-state index in [2.05, 4.69) is 5.32 Å². The van der Waals surface area contributed by atoms with Gasteiger partial charge in [0.2, 0.25) is 0 Å². The predicted molar refractivity (Wildman–Crippen MR) is 65.3 cm³/mol. The molecule has 0 aliphatic heterocycles. The van der Waals surface area contributed by atoms with Crippen LogP contribution in [0.3, 0.4) is 0 Å². The fraction of sp³-hybridized carbons (Fsp3) is 0.545. The van der Waals surface area contributed by atoms with E-state index in [1.165, 1.54) is 0 Å². The van der Waals surface area contributed by atoms with Gasteiger partial charge in [-0.1, -0.05) is 11.6 Å². The summed E-state index contributed by atoms with van der Waals surface area (Å²) in [6.07, 6.45) is 0.737. The topological polar surface area (TPSA) is 74.5 Å². The average Bonchev–Trinajstić information content (AvgIpc) is 2.67. The third-order valence-corrected chi connectivity index (χ3v) is 2.52. The Morgan fingerprint density at radius 3 is 2.76 bits per heavy atom. The van der Waals surface area contributed by atoms with Gasteiger partial charge in [-0.05, 0) is 19.9 Å². The molecule has 0 aliphatic carbocycles. The first-order chi connectivity index (χ1) is 7.95. The molecular formula is C11H17ClN2O3. The van der Waals surface area contributed by atoms with E-state index in [1.54, 1.807) is 16.8 Å². The van der Waals surface area contributed by atoms with Crippen molar-refractivity contribution in [2.45, 2.75) is 26.0 Å². The molecule has 1 unspecified atom stereocenters. The number of carbonyl (C=O) groups is 1. The maximum Gasteiger partial charge on any atom is 0.268 e. The average molecular weight is 261 g/mol. The number of halogens is 1. The third kappa shape index (κ3) is 3.73. The number of aliphatic hydroxyl groups excluding tert-OH is 2. The lowest BCUT2D eigenvalue weighted by Gasteiger charge is -2.13. The van der Waals surface area contributed by atoms with Gasteiger partial charge in [0.15, 0.2) is 0 Å². The Labute approximate surface area is 105 Å². The molecule has 0 aliphatic rings. The summed E-state index contributed by atoms with van der Waals surface area (Å²) in [4.78, 5) is 11.8. The number of hydrogen-bond acceptors (Lipinski definition) is 3. The lowest BCUT2D eigenvalue weighted by Crippen LogP contribution is -2.35. The Bertz CT molecular complexity index is 390. The van der Waals surface area contributed by atoms with Gasteiger partial charge in [0.05, 0.1) is 17.7 Å². The fourth-order valence-corrected chi connectivity index (χ4v) is 1.63. The highest BCUT2D eigenvalue weighted by Gasteiger charge is 2.15. The second-order valence-corrected chi connectivity index (χ2v) is 4.53. The van der Waals surface area contributed by atoms with Gasteiger partial charge in [-0.25, -0.2) is 0 Å². The maximum absolute atomic E-state index is 11.8.